The molecule has 2 atom stereocenters. The Hall–Kier alpha value is -4.57. The molecule has 8 nitrogen and oxygen atoms in total. The Labute approximate surface area is 223 Å². The van der Waals surface area contributed by atoms with Gasteiger partial charge in [0.15, 0.2) is 5.11 Å². The first-order chi connectivity index (χ1) is 18.4. The van der Waals surface area contributed by atoms with E-state index in [0.717, 1.165) is 11.3 Å². The van der Waals surface area contributed by atoms with Crippen LogP contribution in [0.1, 0.15) is 40.3 Å². The summed E-state index contributed by atoms with van der Waals surface area (Å²) in [5, 5.41) is 15.7. The van der Waals surface area contributed by atoms with Crippen molar-refractivity contribution in [2.75, 3.05) is 11.9 Å². The van der Waals surface area contributed by atoms with Crippen LogP contribution in [0.4, 0.5) is 10.1 Å². The van der Waals surface area contributed by atoms with E-state index >= 15 is 0 Å². The predicted molar refractivity (Wildman–Crippen MR) is 143 cm³/mol. The molecular formula is C28H23FN4O4S. The fourth-order valence-corrected chi connectivity index (χ4v) is 4.71. The molecule has 10 heteroatoms. The van der Waals surface area contributed by atoms with Gasteiger partial charge in [-0.2, -0.15) is 0 Å². The summed E-state index contributed by atoms with van der Waals surface area (Å²) >= 11 is 5.65. The van der Waals surface area contributed by atoms with E-state index in [-0.39, 0.29) is 35.8 Å². The van der Waals surface area contributed by atoms with Gasteiger partial charge in [-0.25, -0.2) is 9.18 Å². The zero-order valence-corrected chi connectivity index (χ0v) is 20.8. The summed E-state index contributed by atoms with van der Waals surface area (Å²) < 4.78 is 19.4. The van der Waals surface area contributed by atoms with E-state index in [2.05, 4.69) is 15.6 Å². The number of aromatic nitrogens is 1. The van der Waals surface area contributed by atoms with Gasteiger partial charge in [-0.15, -0.1) is 0 Å². The van der Waals surface area contributed by atoms with Gasteiger partial charge >= 0.3 is 5.97 Å². The number of benzene rings is 2. The quantitative estimate of drug-likeness (QED) is 0.268. The first-order valence-corrected chi connectivity index (χ1v) is 12.3. The first kappa shape index (κ1) is 25.1. The van der Waals surface area contributed by atoms with Crippen LogP contribution in [0.15, 0.2) is 89.5 Å². The zero-order chi connectivity index (χ0) is 26.6. The number of carbonyl (C=O) groups excluding carboxylic acids is 1. The van der Waals surface area contributed by atoms with Gasteiger partial charge in [-0.3, -0.25) is 9.78 Å². The molecule has 0 aliphatic carbocycles. The summed E-state index contributed by atoms with van der Waals surface area (Å²) in [7, 11) is 0. The van der Waals surface area contributed by atoms with Crippen molar-refractivity contribution in [3.8, 4) is 11.3 Å². The maximum absolute atomic E-state index is 13.2. The van der Waals surface area contributed by atoms with Gasteiger partial charge in [0.25, 0.3) is 0 Å². The third kappa shape index (κ3) is 5.40. The number of hydrogen-bond acceptors (Lipinski definition) is 5. The molecule has 1 aliphatic heterocycles. The number of nitrogens with one attached hydrogen (secondary N) is 2. The van der Waals surface area contributed by atoms with Crippen molar-refractivity contribution in [2.24, 2.45) is 0 Å². The fourth-order valence-electron chi connectivity index (χ4n) is 4.38. The van der Waals surface area contributed by atoms with Gasteiger partial charge in [-0.1, -0.05) is 18.2 Å². The van der Waals surface area contributed by atoms with Gasteiger partial charge in [0, 0.05) is 30.4 Å². The van der Waals surface area contributed by atoms with Crippen LogP contribution in [0, 0.1) is 5.82 Å². The number of carboxylic acids is 1. The van der Waals surface area contributed by atoms with Crippen molar-refractivity contribution >= 4 is 34.9 Å². The second kappa shape index (κ2) is 10.8. The number of thiocarbonyl (C=S) groups is 1. The third-order valence-corrected chi connectivity index (χ3v) is 6.59. The van der Waals surface area contributed by atoms with Gasteiger partial charge in [0.2, 0.25) is 5.91 Å². The molecule has 1 fully saturated rings. The number of amides is 1. The van der Waals surface area contributed by atoms with Gasteiger partial charge in [-0.05, 0) is 72.9 Å². The lowest BCUT2D eigenvalue weighted by molar-refractivity contribution is -0.116. The number of nitrogens with zero attached hydrogens (tertiary/aromatic N) is 2. The van der Waals surface area contributed by atoms with Gasteiger partial charge < -0.3 is 25.1 Å². The molecular weight excluding hydrogens is 507 g/mol. The summed E-state index contributed by atoms with van der Waals surface area (Å²) in [6, 6.07) is 20.6. The van der Waals surface area contributed by atoms with Crippen LogP contribution in [-0.4, -0.2) is 38.5 Å². The van der Waals surface area contributed by atoms with E-state index in [9.17, 15) is 19.1 Å². The topological polar surface area (TPSA) is 108 Å². The van der Waals surface area contributed by atoms with Crippen molar-refractivity contribution in [2.45, 2.75) is 18.5 Å². The Morgan fingerprint density at radius 3 is 2.50 bits per heavy atom. The second-order valence-electron chi connectivity index (χ2n) is 8.71. The number of furan rings is 1. The average molecular weight is 531 g/mol. The van der Waals surface area contributed by atoms with Crippen LogP contribution >= 0.6 is 12.2 Å². The highest BCUT2D eigenvalue weighted by Crippen LogP contribution is 2.40. The van der Waals surface area contributed by atoms with Crippen LogP contribution in [0.5, 0.6) is 0 Å². The predicted octanol–water partition coefficient (Wildman–Crippen LogP) is 5.18. The van der Waals surface area contributed by atoms with Crippen LogP contribution in [-0.2, 0) is 4.79 Å². The zero-order valence-electron chi connectivity index (χ0n) is 20.0. The number of pyridine rings is 1. The summed E-state index contributed by atoms with van der Waals surface area (Å²) in [5.41, 5.74) is 2.19. The molecule has 4 aromatic rings. The molecule has 3 heterocycles. The van der Waals surface area contributed by atoms with Crippen LogP contribution in [0.2, 0.25) is 0 Å². The van der Waals surface area contributed by atoms with Crippen molar-refractivity contribution in [3.05, 3.63) is 108 Å². The molecule has 0 bridgehead atoms. The van der Waals surface area contributed by atoms with Gasteiger partial charge in [0.05, 0.1) is 17.3 Å². The van der Waals surface area contributed by atoms with E-state index in [0.29, 0.717) is 28.9 Å². The lowest BCUT2D eigenvalue weighted by Crippen LogP contribution is -2.32. The summed E-state index contributed by atoms with van der Waals surface area (Å²) in [6.45, 7) is 0.302. The van der Waals surface area contributed by atoms with Crippen molar-refractivity contribution < 1.29 is 23.5 Å². The Kier molecular flexibility index (Phi) is 7.14. The highest BCUT2D eigenvalue weighted by molar-refractivity contribution is 7.80. The number of halogens is 1. The average Bonchev–Trinajstić information content (AvgIpc) is 3.54. The molecule has 2 aromatic carbocycles. The van der Waals surface area contributed by atoms with Crippen molar-refractivity contribution in [1.82, 2.24) is 15.2 Å². The normalized spacial score (nSPS) is 16.8. The van der Waals surface area contributed by atoms with Crippen molar-refractivity contribution in [3.63, 3.8) is 0 Å². The molecule has 38 heavy (non-hydrogen) atoms. The Balaban J connectivity index is 1.38. The van der Waals surface area contributed by atoms with E-state index in [1.807, 2.05) is 35.2 Å². The number of carbonyl (C=O) groups is 2. The second-order valence-corrected chi connectivity index (χ2v) is 9.10. The molecule has 0 unspecified atom stereocenters. The molecule has 0 radical (unpaired) electrons. The summed E-state index contributed by atoms with van der Waals surface area (Å²) in [4.78, 5) is 30.2. The highest BCUT2D eigenvalue weighted by atomic mass is 32.1. The van der Waals surface area contributed by atoms with E-state index in [1.54, 1.807) is 18.3 Å². The van der Waals surface area contributed by atoms with Gasteiger partial charge in [0.1, 0.15) is 23.4 Å². The lowest BCUT2D eigenvalue weighted by Gasteiger charge is -2.25. The number of anilines is 1. The maximum Gasteiger partial charge on any atom is 0.335 e. The molecule has 3 N–H and O–H groups in total. The Morgan fingerprint density at radius 1 is 1.05 bits per heavy atom. The SMILES string of the molecule is O=C(CCN1C(=S)N[C@@H](c2ccccn2)[C@H]1c1ccc(-c2ccc(C(=O)O)cc2)o1)Nc1ccc(F)cc1. The Bertz CT molecular complexity index is 1460. The van der Waals surface area contributed by atoms with Crippen LogP contribution in [0.3, 0.4) is 0 Å². The molecule has 1 aliphatic rings. The molecule has 192 valence electrons. The Morgan fingerprint density at radius 2 is 1.82 bits per heavy atom. The van der Waals surface area contributed by atoms with Crippen molar-refractivity contribution in [1.29, 1.82) is 0 Å². The van der Waals surface area contributed by atoms with Crippen LogP contribution in [0.25, 0.3) is 11.3 Å². The molecule has 1 saturated heterocycles. The minimum absolute atomic E-state index is 0.134. The van der Waals surface area contributed by atoms with E-state index < -0.39 is 5.97 Å². The molecule has 5 rings (SSSR count). The van der Waals surface area contributed by atoms with E-state index in [1.165, 1.54) is 36.4 Å². The van der Waals surface area contributed by atoms with E-state index in [4.69, 9.17) is 16.6 Å². The first-order valence-electron chi connectivity index (χ1n) is 11.9. The standard InChI is InChI=1S/C28H23FN4O4S/c29-19-8-10-20(11-9-19)31-24(34)14-16-33-26(25(32-28(33)38)21-3-1-2-15-30-21)23-13-12-22(37-23)17-4-6-18(7-5-17)27(35)36/h1-13,15,25-26H,14,16H2,(H,31,34)(H,32,38)(H,35,36)/t25-,26+/m0/s1. The minimum atomic E-state index is -1.00. The maximum atomic E-state index is 13.2. The smallest absolute Gasteiger partial charge is 0.335 e. The molecule has 2 aromatic heterocycles. The monoisotopic (exact) mass is 530 g/mol. The third-order valence-electron chi connectivity index (χ3n) is 6.24. The lowest BCUT2D eigenvalue weighted by atomic mass is 10.0. The number of aromatic carboxylic acids is 1. The molecule has 0 spiro atoms. The number of hydrogen-bond donors (Lipinski definition) is 3. The highest BCUT2D eigenvalue weighted by Gasteiger charge is 2.41. The fraction of sp³-hybridized carbons (Fsp3) is 0.143. The molecule has 1 amide bonds. The summed E-state index contributed by atoms with van der Waals surface area (Å²) in [6.07, 6.45) is 1.84. The molecule has 0 saturated carbocycles. The number of carboxylic acid groups (broad SMARTS) is 1. The summed E-state index contributed by atoms with van der Waals surface area (Å²) in [5.74, 6) is -0.430. The minimum Gasteiger partial charge on any atom is -0.478 e. The number of rotatable bonds is 8. The largest absolute Gasteiger partial charge is 0.478 e. The van der Waals surface area contributed by atoms with Crippen LogP contribution < -0.4 is 10.6 Å².